The largest absolute Gasteiger partial charge is 0.491 e. The molecular weight excluding hydrogens is 421 g/mol. The normalized spacial score (nSPS) is 12.1. The number of aromatic amines is 1. The summed E-state index contributed by atoms with van der Waals surface area (Å²) in [5, 5.41) is 9.76. The summed E-state index contributed by atoms with van der Waals surface area (Å²) in [5.41, 5.74) is 7.77. The molecule has 3 rings (SSSR count). The van der Waals surface area contributed by atoms with Crippen LogP contribution in [0.5, 0.6) is 5.75 Å². The first kappa shape index (κ1) is 22.7. The van der Waals surface area contributed by atoms with Gasteiger partial charge in [0.25, 0.3) is 0 Å². The number of nitrogens with two attached hydrogens (primary N) is 1. The van der Waals surface area contributed by atoms with Crippen molar-refractivity contribution in [3.05, 3.63) is 65.2 Å². The Morgan fingerprint density at radius 1 is 1.32 bits per heavy atom. The SMILES string of the molecule is CN(C)CCCOc1cc(-c2cn[nH]c2)c(F)cc1NC(=O)C(N)c1ccc(Cl)cc1. The molecule has 0 bridgehead atoms. The van der Waals surface area contributed by atoms with Crippen molar-refractivity contribution in [3.63, 3.8) is 0 Å². The first-order valence-electron chi connectivity index (χ1n) is 9.77. The van der Waals surface area contributed by atoms with E-state index in [9.17, 15) is 9.18 Å². The Bertz CT molecular complexity index is 1010. The molecule has 0 aliphatic rings. The van der Waals surface area contributed by atoms with Crippen LogP contribution in [0.4, 0.5) is 10.1 Å². The van der Waals surface area contributed by atoms with Gasteiger partial charge in [-0.25, -0.2) is 4.39 Å². The van der Waals surface area contributed by atoms with Gasteiger partial charge in [0.2, 0.25) is 5.91 Å². The minimum Gasteiger partial charge on any atom is -0.491 e. The van der Waals surface area contributed by atoms with Crippen molar-refractivity contribution in [2.45, 2.75) is 12.5 Å². The van der Waals surface area contributed by atoms with Gasteiger partial charge >= 0.3 is 0 Å². The van der Waals surface area contributed by atoms with E-state index in [2.05, 4.69) is 15.5 Å². The van der Waals surface area contributed by atoms with Crippen LogP contribution < -0.4 is 15.8 Å². The van der Waals surface area contributed by atoms with E-state index in [4.69, 9.17) is 22.1 Å². The summed E-state index contributed by atoms with van der Waals surface area (Å²) in [5.74, 6) is -0.652. The van der Waals surface area contributed by atoms with E-state index in [1.54, 1.807) is 36.5 Å². The lowest BCUT2D eigenvalue weighted by atomic mass is 10.1. The number of hydrogen-bond acceptors (Lipinski definition) is 5. The minimum atomic E-state index is -0.949. The van der Waals surface area contributed by atoms with E-state index >= 15 is 0 Å². The Hall–Kier alpha value is -2.94. The molecule has 0 saturated heterocycles. The van der Waals surface area contributed by atoms with Crippen LogP contribution in [0, 0.1) is 5.82 Å². The number of aromatic nitrogens is 2. The van der Waals surface area contributed by atoms with Gasteiger partial charge in [-0.05, 0) is 44.3 Å². The van der Waals surface area contributed by atoms with E-state index in [-0.39, 0.29) is 5.69 Å². The van der Waals surface area contributed by atoms with Gasteiger partial charge < -0.3 is 20.7 Å². The fraction of sp³-hybridized carbons (Fsp3) is 0.273. The number of ether oxygens (including phenoxy) is 1. The molecule has 164 valence electrons. The molecule has 0 aliphatic carbocycles. The lowest BCUT2D eigenvalue weighted by Gasteiger charge is -2.18. The molecule has 4 N–H and O–H groups in total. The number of nitrogens with zero attached hydrogens (tertiary/aromatic N) is 2. The molecule has 7 nitrogen and oxygen atoms in total. The zero-order valence-electron chi connectivity index (χ0n) is 17.4. The lowest BCUT2D eigenvalue weighted by molar-refractivity contribution is -0.117. The van der Waals surface area contributed by atoms with Gasteiger partial charge in [-0.2, -0.15) is 5.10 Å². The Balaban J connectivity index is 1.83. The Labute approximate surface area is 185 Å². The van der Waals surface area contributed by atoms with Gasteiger partial charge in [-0.15, -0.1) is 0 Å². The number of rotatable bonds is 9. The van der Waals surface area contributed by atoms with Crippen molar-refractivity contribution in [3.8, 4) is 16.9 Å². The molecule has 0 spiro atoms. The third kappa shape index (κ3) is 6.04. The standard InChI is InChI=1S/C22H25ClFN5O2/c1-29(2)8-3-9-31-20-10-17(15-12-26-27-13-15)18(24)11-19(20)28-22(30)21(25)14-4-6-16(23)7-5-14/h4-7,10-13,21H,3,8-9,25H2,1-2H3,(H,26,27)(H,28,30). The molecule has 1 aromatic heterocycles. The van der Waals surface area contributed by atoms with Crippen LogP contribution in [0.1, 0.15) is 18.0 Å². The van der Waals surface area contributed by atoms with Crippen molar-refractivity contribution in [1.29, 1.82) is 0 Å². The minimum absolute atomic E-state index is 0.212. The Morgan fingerprint density at radius 3 is 2.71 bits per heavy atom. The molecule has 0 fully saturated rings. The highest BCUT2D eigenvalue weighted by atomic mass is 35.5. The van der Waals surface area contributed by atoms with Crippen molar-refractivity contribution < 1.29 is 13.9 Å². The summed E-state index contributed by atoms with van der Waals surface area (Å²) in [6, 6.07) is 8.50. The predicted octanol–water partition coefficient (Wildman–Crippen LogP) is 3.84. The highest BCUT2D eigenvalue weighted by Crippen LogP contribution is 2.34. The smallest absolute Gasteiger partial charge is 0.245 e. The first-order valence-corrected chi connectivity index (χ1v) is 10.1. The highest BCUT2D eigenvalue weighted by Gasteiger charge is 2.20. The molecule has 3 aromatic rings. The number of hydrogen-bond donors (Lipinski definition) is 3. The van der Waals surface area contributed by atoms with E-state index in [0.717, 1.165) is 13.0 Å². The van der Waals surface area contributed by atoms with Crippen molar-refractivity contribution in [1.82, 2.24) is 15.1 Å². The number of carbonyl (C=O) groups is 1. The average molecular weight is 446 g/mol. The van der Waals surface area contributed by atoms with Crippen molar-refractivity contribution in [2.24, 2.45) is 5.73 Å². The number of benzene rings is 2. The maximum absolute atomic E-state index is 14.8. The van der Waals surface area contributed by atoms with Crippen LogP contribution in [-0.2, 0) is 4.79 Å². The summed E-state index contributed by atoms with van der Waals surface area (Å²) < 4.78 is 20.7. The molecule has 1 unspecified atom stereocenters. The third-order valence-electron chi connectivity index (χ3n) is 4.66. The van der Waals surface area contributed by atoms with Crippen molar-refractivity contribution in [2.75, 3.05) is 32.6 Å². The van der Waals surface area contributed by atoms with Gasteiger partial charge in [-0.1, -0.05) is 23.7 Å². The van der Waals surface area contributed by atoms with E-state index in [0.29, 0.717) is 34.1 Å². The van der Waals surface area contributed by atoms with Gasteiger partial charge in [0, 0.05) is 35.0 Å². The molecular formula is C22H25ClFN5O2. The third-order valence-corrected chi connectivity index (χ3v) is 4.91. The molecule has 1 heterocycles. The molecule has 31 heavy (non-hydrogen) atoms. The number of H-pyrrole nitrogens is 1. The van der Waals surface area contributed by atoms with Gasteiger partial charge in [0.05, 0.1) is 18.5 Å². The second kappa shape index (κ2) is 10.4. The zero-order valence-corrected chi connectivity index (χ0v) is 18.1. The van der Waals surface area contributed by atoms with E-state index < -0.39 is 17.8 Å². The monoisotopic (exact) mass is 445 g/mol. The van der Waals surface area contributed by atoms with Crippen LogP contribution >= 0.6 is 11.6 Å². The number of anilines is 1. The fourth-order valence-electron chi connectivity index (χ4n) is 2.98. The van der Waals surface area contributed by atoms with Crippen LogP contribution in [0.3, 0.4) is 0 Å². The maximum Gasteiger partial charge on any atom is 0.245 e. The second-order valence-electron chi connectivity index (χ2n) is 7.34. The molecule has 0 radical (unpaired) electrons. The number of nitrogens with one attached hydrogen (secondary N) is 2. The molecule has 1 amide bonds. The predicted molar refractivity (Wildman–Crippen MR) is 120 cm³/mol. The maximum atomic E-state index is 14.8. The summed E-state index contributed by atoms with van der Waals surface area (Å²) in [6.45, 7) is 1.24. The zero-order chi connectivity index (χ0) is 22.4. The Kier molecular flexibility index (Phi) is 7.62. The van der Waals surface area contributed by atoms with Gasteiger partial charge in [0.1, 0.15) is 17.6 Å². The summed E-state index contributed by atoms with van der Waals surface area (Å²) in [4.78, 5) is 14.8. The highest BCUT2D eigenvalue weighted by molar-refractivity contribution is 6.30. The van der Waals surface area contributed by atoms with Crippen LogP contribution in [0.15, 0.2) is 48.8 Å². The molecule has 1 atom stereocenters. The topological polar surface area (TPSA) is 96.3 Å². The quantitative estimate of drug-likeness (QED) is 0.435. The lowest BCUT2D eigenvalue weighted by Crippen LogP contribution is -2.28. The fourth-order valence-corrected chi connectivity index (χ4v) is 3.11. The molecule has 0 aliphatic heterocycles. The van der Waals surface area contributed by atoms with Gasteiger partial charge in [0.15, 0.2) is 0 Å². The van der Waals surface area contributed by atoms with Crippen LogP contribution in [0.2, 0.25) is 5.02 Å². The van der Waals surface area contributed by atoms with Gasteiger partial charge in [-0.3, -0.25) is 9.89 Å². The Morgan fingerprint density at radius 2 is 2.06 bits per heavy atom. The summed E-state index contributed by atoms with van der Waals surface area (Å²) >= 11 is 5.89. The van der Waals surface area contributed by atoms with Crippen LogP contribution in [-0.4, -0.2) is 48.3 Å². The van der Waals surface area contributed by atoms with E-state index in [1.165, 1.54) is 12.3 Å². The summed E-state index contributed by atoms with van der Waals surface area (Å²) in [7, 11) is 3.94. The second-order valence-corrected chi connectivity index (χ2v) is 7.78. The van der Waals surface area contributed by atoms with E-state index in [1.807, 2.05) is 19.0 Å². The van der Waals surface area contributed by atoms with Crippen molar-refractivity contribution >= 4 is 23.2 Å². The molecule has 2 aromatic carbocycles. The number of amides is 1. The first-order chi connectivity index (χ1) is 14.8. The molecule has 0 saturated carbocycles. The van der Waals surface area contributed by atoms with Crippen LogP contribution in [0.25, 0.3) is 11.1 Å². The molecule has 9 heteroatoms. The average Bonchev–Trinajstić information content (AvgIpc) is 3.27. The number of halogens is 2. The number of carbonyl (C=O) groups excluding carboxylic acids is 1. The summed E-state index contributed by atoms with van der Waals surface area (Å²) in [6.07, 6.45) is 3.87.